The molecule has 1 atom stereocenters. The summed E-state index contributed by atoms with van der Waals surface area (Å²) in [4.78, 5) is 0. The molecule has 0 nitrogen and oxygen atoms in total. The number of hydrogen-bond donors (Lipinski definition) is 0. The van der Waals surface area contributed by atoms with Crippen molar-refractivity contribution in [3.05, 3.63) is 33.8 Å². The zero-order valence-corrected chi connectivity index (χ0v) is 10.2. The van der Waals surface area contributed by atoms with Gasteiger partial charge in [0.15, 0.2) is 0 Å². The molecule has 0 aliphatic heterocycles. The molecule has 0 saturated carbocycles. The molecule has 0 amide bonds. The highest BCUT2D eigenvalue weighted by atomic mass is 35.5. The number of hydrogen-bond acceptors (Lipinski definition) is 0. The fraction of sp³-hybridized carbons (Fsp3) is 0.500. The van der Waals surface area contributed by atoms with Crippen LogP contribution in [0.5, 0.6) is 0 Å². The Morgan fingerprint density at radius 2 is 2.00 bits per heavy atom. The lowest BCUT2D eigenvalue weighted by Crippen LogP contribution is -1.94. The number of rotatable bonds is 4. The first-order chi connectivity index (χ1) is 6.66. The fourth-order valence-corrected chi connectivity index (χ4v) is 2.06. The smallest absolute Gasteiger partial charge is 0.0626 e. The lowest BCUT2D eigenvalue weighted by molar-refractivity contribution is 0.624. The Kier molecular flexibility index (Phi) is 4.77. The number of unbranched alkanes of at least 4 members (excludes halogenated alkanes) is 1. The molecule has 0 radical (unpaired) electrons. The molecule has 1 aromatic carbocycles. The Labute approximate surface area is 96.2 Å². The van der Waals surface area contributed by atoms with Crippen LogP contribution in [-0.2, 0) is 0 Å². The van der Waals surface area contributed by atoms with Crippen molar-refractivity contribution >= 4 is 23.2 Å². The molecule has 14 heavy (non-hydrogen) atoms. The van der Waals surface area contributed by atoms with Crippen LogP contribution < -0.4 is 0 Å². The fourth-order valence-electron chi connectivity index (χ4n) is 1.57. The average molecular weight is 231 g/mol. The monoisotopic (exact) mass is 230 g/mol. The van der Waals surface area contributed by atoms with Gasteiger partial charge in [-0.15, -0.1) is 0 Å². The molecule has 0 heterocycles. The highest BCUT2D eigenvalue weighted by Crippen LogP contribution is 2.32. The number of halogens is 2. The Morgan fingerprint density at radius 3 is 2.64 bits per heavy atom. The van der Waals surface area contributed by atoms with E-state index in [9.17, 15) is 0 Å². The molecule has 0 N–H and O–H groups in total. The molecule has 0 spiro atoms. The molecule has 0 saturated heterocycles. The van der Waals surface area contributed by atoms with E-state index in [1.54, 1.807) is 0 Å². The molecule has 0 aliphatic carbocycles. The van der Waals surface area contributed by atoms with Crippen molar-refractivity contribution in [2.24, 2.45) is 0 Å². The van der Waals surface area contributed by atoms with Crippen LogP contribution in [0, 0.1) is 0 Å². The molecular weight excluding hydrogens is 215 g/mol. The van der Waals surface area contributed by atoms with Gasteiger partial charge in [0.25, 0.3) is 0 Å². The average Bonchev–Trinajstić information content (AvgIpc) is 2.18. The van der Waals surface area contributed by atoms with Crippen LogP contribution in [-0.4, -0.2) is 0 Å². The van der Waals surface area contributed by atoms with E-state index in [0.717, 1.165) is 5.02 Å². The van der Waals surface area contributed by atoms with Crippen molar-refractivity contribution in [1.29, 1.82) is 0 Å². The van der Waals surface area contributed by atoms with Crippen molar-refractivity contribution < 1.29 is 0 Å². The molecule has 1 unspecified atom stereocenters. The van der Waals surface area contributed by atoms with Crippen LogP contribution in [0.15, 0.2) is 18.2 Å². The molecule has 78 valence electrons. The van der Waals surface area contributed by atoms with E-state index in [0.29, 0.717) is 10.9 Å². The van der Waals surface area contributed by atoms with Gasteiger partial charge < -0.3 is 0 Å². The van der Waals surface area contributed by atoms with E-state index >= 15 is 0 Å². The predicted octanol–water partition coefficient (Wildman–Crippen LogP) is 5.29. The zero-order valence-electron chi connectivity index (χ0n) is 8.69. The summed E-state index contributed by atoms with van der Waals surface area (Å²) in [6.45, 7) is 4.40. The van der Waals surface area contributed by atoms with E-state index in [-0.39, 0.29) is 0 Å². The van der Waals surface area contributed by atoms with Gasteiger partial charge in [0.05, 0.1) is 10.0 Å². The van der Waals surface area contributed by atoms with Gasteiger partial charge in [-0.1, -0.05) is 62.0 Å². The Hall–Kier alpha value is -0.200. The van der Waals surface area contributed by atoms with Gasteiger partial charge >= 0.3 is 0 Å². The summed E-state index contributed by atoms with van der Waals surface area (Å²) in [5.41, 5.74) is 1.17. The first kappa shape index (κ1) is 11.9. The van der Waals surface area contributed by atoms with Crippen LogP contribution in [0.2, 0.25) is 10.0 Å². The highest BCUT2D eigenvalue weighted by Gasteiger charge is 2.10. The minimum Gasteiger partial charge on any atom is -0.0827 e. The van der Waals surface area contributed by atoms with Gasteiger partial charge in [-0.05, 0) is 24.0 Å². The van der Waals surface area contributed by atoms with Crippen LogP contribution in [0.4, 0.5) is 0 Å². The summed E-state index contributed by atoms with van der Waals surface area (Å²) in [6.07, 6.45) is 3.64. The van der Waals surface area contributed by atoms with E-state index in [1.807, 2.05) is 12.1 Å². The Bertz CT molecular complexity index is 294. The standard InChI is InChI=1S/C12H16Cl2/c1-3-4-6-9(2)10-7-5-8-11(13)12(10)14/h5,7-9H,3-4,6H2,1-2H3. The Balaban J connectivity index is 2.79. The first-order valence-corrected chi connectivity index (χ1v) is 5.86. The third-order valence-corrected chi connectivity index (χ3v) is 3.34. The predicted molar refractivity (Wildman–Crippen MR) is 64.4 cm³/mol. The second-order valence-corrected chi connectivity index (χ2v) is 4.47. The zero-order chi connectivity index (χ0) is 10.6. The lowest BCUT2D eigenvalue weighted by Gasteiger charge is -2.13. The van der Waals surface area contributed by atoms with Crippen LogP contribution in [0.3, 0.4) is 0 Å². The molecule has 2 heteroatoms. The highest BCUT2D eigenvalue weighted by molar-refractivity contribution is 6.42. The number of benzene rings is 1. The van der Waals surface area contributed by atoms with Gasteiger partial charge in [0.2, 0.25) is 0 Å². The molecule has 1 aromatic rings. The minimum atomic E-state index is 0.501. The lowest BCUT2D eigenvalue weighted by atomic mass is 9.95. The molecular formula is C12H16Cl2. The van der Waals surface area contributed by atoms with E-state index in [4.69, 9.17) is 23.2 Å². The van der Waals surface area contributed by atoms with Crippen LogP contribution in [0.25, 0.3) is 0 Å². The largest absolute Gasteiger partial charge is 0.0827 e. The summed E-state index contributed by atoms with van der Waals surface area (Å²) in [5, 5.41) is 1.38. The summed E-state index contributed by atoms with van der Waals surface area (Å²) in [6, 6.07) is 5.86. The van der Waals surface area contributed by atoms with Crippen LogP contribution >= 0.6 is 23.2 Å². The molecule has 1 rings (SSSR count). The maximum atomic E-state index is 6.14. The molecule has 0 fully saturated rings. The first-order valence-electron chi connectivity index (χ1n) is 5.10. The van der Waals surface area contributed by atoms with Crippen molar-refractivity contribution in [3.63, 3.8) is 0 Å². The van der Waals surface area contributed by atoms with Crippen LogP contribution in [0.1, 0.15) is 44.6 Å². The third kappa shape index (κ3) is 2.90. The van der Waals surface area contributed by atoms with Crippen molar-refractivity contribution in [2.45, 2.75) is 39.0 Å². The molecule has 0 aliphatic rings. The summed E-state index contributed by atoms with van der Waals surface area (Å²) in [7, 11) is 0. The summed E-state index contributed by atoms with van der Waals surface area (Å²) >= 11 is 12.1. The second kappa shape index (κ2) is 5.63. The van der Waals surface area contributed by atoms with Gasteiger partial charge in [-0.2, -0.15) is 0 Å². The minimum absolute atomic E-state index is 0.501. The van der Waals surface area contributed by atoms with Gasteiger partial charge in [-0.25, -0.2) is 0 Å². The van der Waals surface area contributed by atoms with Gasteiger partial charge in [0, 0.05) is 0 Å². The quantitative estimate of drug-likeness (QED) is 0.660. The van der Waals surface area contributed by atoms with E-state index < -0.39 is 0 Å². The van der Waals surface area contributed by atoms with Crippen molar-refractivity contribution in [1.82, 2.24) is 0 Å². The van der Waals surface area contributed by atoms with Gasteiger partial charge in [0.1, 0.15) is 0 Å². The topological polar surface area (TPSA) is 0 Å². The molecule has 0 aromatic heterocycles. The Morgan fingerprint density at radius 1 is 1.29 bits per heavy atom. The summed E-state index contributed by atoms with van der Waals surface area (Å²) in [5.74, 6) is 0.501. The van der Waals surface area contributed by atoms with Crippen molar-refractivity contribution in [3.8, 4) is 0 Å². The van der Waals surface area contributed by atoms with Crippen molar-refractivity contribution in [2.75, 3.05) is 0 Å². The van der Waals surface area contributed by atoms with Gasteiger partial charge in [-0.3, -0.25) is 0 Å². The molecule has 0 bridgehead atoms. The third-order valence-electron chi connectivity index (χ3n) is 2.50. The maximum absolute atomic E-state index is 6.14. The second-order valence-electron chi connectivity index (χ2n) is 3.69. The normalized spacial score (nSPS) is 12.9. The van der Waals surface area contributed by atoms with E-state index in [1.165, 1.54) is 24.8 Å². The summed E-state index contributed by atoms with van der Waals surface area (Å²) < 4.78 is 0. The SMILES string of the molecule is CCCCC(C)c1cccc(Cl)c1Cl. The van der Waals surface area contributed by atoms with E-state index in [2.05, 4.69) is 19.9 Å². The maximum Gasteiger partial charge on any atom is 0.0626 e.